The van der Waals surface area contributed by atoms with E-state index in [2.05, 4.69) is 20.7 Å². The van der Waals surface area contributed by atoms with Gasteiger partial charge in [-0.2, -0.15) is 0 Å². The molecular weight excluding hydrogens is 477 g/mol. The normalized spacial score (nSPS) is 26.3. The van der Waals surface area contributed by atoms with Gasteiger partial charge in [-0.1, -0.05) is 0 Å². The number of ether oxygens (including phenoxy) is 2. The molecule has 0 aromatic heterocycles. The van der Waals surface area contributed by atoms with Crippen molar-refractivity contribution in [2.45, 2.75) is 36.1 Å². The fourth-order valence-corrected chi connectivity index (χ4v) is 5.54. The Balaban J connectivity index is 1.91. The average Bonchev–Trinajstić information content (AvgIpc) is 3.01. The van der Waals surface area contributed by atoms with Crippen LogP contribution in [0.2, 0.25) is 0 Å². The highest BCUT2D eigenvalue weighted by Gasteiger charge is 2.51. The molecule has 1 aliphatic carbocycles. The maximum Gasteiger partial charge on any atom is 0.332 e. The van der Waals surface area contributed by atoms with Crippen LogP contribution in [-0.2, 0) is 24.3 Å². The molecule has 1 heterocycles. The molecule has 1 aromatic rings. The first kappa shape index (κ1) is 22.1. The molecule has 1 fully saturated rings. The van der Waals surface area contributed by atoms with Crippen LogP contribution in [0.1, 0.15) is 12.8 Å². The van der Waals surface area contributed by atoms with Crippen LogP contribution < -0.4 is 4.72 Å². The lowest BCUT2D eigenvalue weighted by atomic mass is 9.94. The Kier molecular flexibility index (Phi) is 6.32. The van der Waals surface area contributed by atoms with Crippen LogP contribution in [0.4, 0.5) is 10.1 Å². The number of hydrogen-bond donors (Lipinski definition) is 4. The van der Waals surface area contributed by atoms with Crippen LogP contribution in [0.3, 0.4) is 0 Å². The summed E-state index contributed by atoms with van der Waals surface area (Å²) < 4.78 is 52.6. The fourth-order valence-electron chi connectivity index (χ4n) is 3.40. The summed E-state index contributed by atoms with van der Waals surface area (Å²) in [4.78, 5) is 11.8. The molecule has 0 amide bonds. The van der Waals surface area contributed by atoms with Gasteiger partial charge in [0.25, 0.3) is 0 Å². The predicted octanol–water partition coefficient (Wildman–Crippen LogP) is 0.968. The Morgan fingerprint density at radius 2 is 1.90 bits per heavy atom. The van der Waals surface area contributed by atoms with Crippen molar-refractivity contribution in [2.75, 3.05) is 17.9 Å². The van der Waals surface area contributed by atoms with E-state index in [4.69, 9.17) is 9.47 Å². The summed E-state index contributed by atoms with van der Waals surface area (Å²) in [6.45, 7) is -0.907. The number of aliphatic hydroxyl groups is 2. The van der Waals surface area contributed by atoms with Crippen LogP contribution in [0.15, 0.2) is 34.3 Å². The summed E-state index contributed by atoms with van der Waals surface area (Å²) in [5.41, 5.74) is -0.400. The van der Waals surface area contributed by atoms with Crippen molar-refractivity contribution >= 4 is 37.6 Å². The van der Waals surface area contributed by atoms with Gasteiger partial charge < -0.3 is 24.8 Å². The van der Waals surface area contributed by atoms with E-state index in [1.165, 1.54) is 6.07 Å². The van der Waals surface area contributed by atoms with Crippen molar-refractivity contribution in [3.8, 4) is 0 Å². The molecular formula is C17H19BrFNO8S. The molecule has 0 radical (unpaired) electrons. The van der Waals surface area contributed by atoms with Gasteiger partial charge in [0, 0.05) is 10.9 Å². The number of sulfonamides is 1. The second-order valence-electron chi connectivity index (χ2n) is 6.69. The minimum absolute atomic E-state index is 0.00700. The standard InChI is InChI=1S/C17H19BrFNO8S/c18-11-5-9(19)1-2-12(11)20-29(25,26)15-3-4-17(6-10(15)16(23)24)27-13(7-21)14(8-22)28-17/h1-2,5-6,13-15,20-22H,3-4,7-8H2,(H,23,24)/t13-,14-,15-/m1/s1. The van der Waals surface area contributed by atoms with Gasteiger partial charge in [0.05, 0.1) is 24.5 Å². The zero-order valence-electron chi connectivity index (χ0n) is 14.9. The fraction of sp³-hybridized carbons (Fsp3) is 0.471. The first-order valence-electron chi connectivity index (χ1n) is 8.61. The number of hydrogen-bond acceptors (Lipinski definition) is 7. The summed E-state index contributed by atoms with van der Waals surface area (Å²) in [5, 5.41) is 26.9. The van der Waals surface area contributed by atoms with Crippen molar-refractivity contribution in [3.63, 3.8) is 0 Å². The Bertz CT molecular complexity index is 925. The lowest BCUT2D eigenvalue weighted by Gasteiger charge is -2.33. The molecule has 0 bridgehead atoms. The quantitative estimate of drug-likeness (QED) is 0.457. The van der Waals surface area contributed by atoms with E-state index < -0.39 is 63.8 Å². The zero-order chi connectivity index (χ0) is 21.4. The smallest absolute Gasteiger partial charge is 0.332 e. The number of anilines is 1. The van der Waals surface area contributed by atoms with E-state index in [-0.39, 0.29) is 23.0 Å². The Labute approximate surface area is 174 Å². The van der Waals surface area contributed by atoms with Crippen LogP contribution in [-0.4, -0.2) is 66.2 Å². The van der Waals surface area contributed by atoms with Crippen molar-refractivity contribution in [1.82, 2.24) is 0 Å². The summed E-state index contributed by atoms with van der Waals surface area (Å²) in [5.74, 6) is -3.59. The van der Waals surface area contributed by atoms with Crippen LogP contribution in [0.25, 0.3) is 0 Å². The molecule has 1 spiro atoms. The van der Waals surface area contributed by atoms with Gasteiger partial charge in [-0.15, -0.1) is 0 Å². The third-order valence-corrected chi connectivity index (χ3v) is 7.16. The van der Waals surface area contributed by atoms with Crippen LogP contribution >= 0.6 is 15.9 Å². The van der Waals surface area contributed by atoms with Gasteiger partial charge >= 0.3 is 5.97 Å². The van der Waals surface area contributed by atoms with Crippen LogP contribution in [0.5, 0.6) is 0 Å². The van der Waals surface area contributed by atoms with Crippen molar-refractivity contribution in [3.05, 3.63) is 40.1 Å². The number of carboxylic acids is 1. The van der Waals surface area contributed by atoms with E-state index in [1.54, 1.807) is 0 Å². The third-order valence-electron chi connectivity index (χ3n) is 4.76. The first-order chi connectivity index (χ1) is 13.6. The largest absolute Gasteiger partial charge is 0.478 e. The number of rotatable bonds is 6. The second kappa shape index (κ2) is 8.28. The molecule has 0 unspecified atom stereocenters. The van der Waals surface area contributed by atoms with E-state index in [0.717, 1.165) is 18.2 Å². The summed E-state index contributed by atoms with van der Waals surface area (Å²) in [7, 11) is -4.21. The second-order valence-corrected chi connectivity index (χ2v) is 9.41. The third kappa shape index (κ3) is 4.47. The SMILES string of the molecule is O=C(O)C1=CC2(CC[C@H]1S(=O)(=O)Nc1ccc(F)cc1Br)O[C@H](CO)[C@@H](CO)O2. The molecule has 4 N–H and O–H groups in total. The lowest BCUT2D eigenvalue weighted by Crippen LogP contribution is -2.42. The van der Waals surface area contributed by atoms with Gasteiger partial charge in [0.2, 0.25) is 10.0 Å². The van der Waals surface area contributed by atoms with Gasteiger partial charge in [0.1, 0.15) is 23.3 Å². The summed E-state index contributed by atoms with van der Waals surface area (Å²) in [6.07, 6.45) is -0.823. The van der Waals surface area contributed by atoms with Crippen LogP contribution in [0, 0.1) is 5.82 Å². The van der Waals surface area contributed by atoms with E-state index in [1.807, 2.05) is 0 Å². The van der Waals surface area contributed by atoms with Crippen molar-refractivity contribution < 1.29 is 42.4 Å². The highest BCUT2D eigenvalue weighted by atomic mass is 79.9. The molecule has 3 rings (SSSR count). The van der Waals surface area contributed by atoms with Gasteiger partial charge in [-0.3, -0.25) is 4.72 Å². The minimum Gasteiger partial charge on any atom is -0.478 e. The number of halogens is 2. The first-order valence-corrected chi connectivity index (χ1v) is 10.9. The number of aliphatic hydroxyl groups excluding tert-OH is 2. The number of carbonyl (C=O) groups is 1. The van der Waals surface area contributed by atoms with Crippen molar-refractivity contribution in [2.24, 2.45) is 0 Å². The molecule has 9 nitrogen and oxygen atoms in total. The topological polar surface area (TPSA) is 142 Å². The minimum atomic E-state index is -4.21. The molecule has 2 aliphatic rings. The molecule has 0 saturated carbocycles. The summed E-state index contributed by atoms with van der Waals surface area (Å²) >= 11 is 3.06. The average molecular weight is 496 g/mol. The van der Waals surface area contributed by atoms with E-state index in [0.29, 0.717) is 0 Å². The zero-order valence-corrected chi connectivity index (χ0v) is 17.3. The number of aliphatic carboxylic acids is 1. The Morgan fingerprint density at radius 1 is 1.28 bits per heavy atom. The highest BCUT2D eigenvalue weighted by Crippen LogP contribution is 2.41. The molecule has 1 saturated heterocycles. The van der Waals surface area contributed by atoms with E-state index in [9.17, 15) is 32.9 Å². The number of benzene rings is 1. The Morgan fingerprint density at radius 3 is 2.41 bits per heavy atom. The van der Waals surface area contributed by atoms with Gasteiger partial charge in [-0.25, -0.2) is 17.6 Å². The Hall–Kier alpha value is -1.57. The molecule has 12 heteroatoms. The highest BCUT2D eigenvalue weighted by molar-refractivity contribution is 9.10. The lowest BCUT2D eigenvalue weighted by molar-refractivity contribution is -0.153. The van der Waals surface area contributed by atoms with E-state index >= 15 is 0 Å². The number of nitrogens with one attached hydrogen (secondary N) is 1. The monoisotopic (exact) mass is 495 g/mol. The predicted molar refractivity (Wildman–Crippen MR) is 102 cm³/mol. The van der Waals surface area contributed by atoms with Gasteiger partial charge in [-0.05, 0) is 46.6 Å². The maximum atomic E-state index is 13.2. The molecule has 160 valence electrons. The molecule has 1 aliphatic heterocycles. The van der Waals surface area contributed by atoms with Gasteiger partial charge in [0.15, 0.2) is 5.79 Å². The van der Waals surface area contributed by atoms with Crippen molar-refractivity contribution in [1.29, 1.82) is 0 Å². The molecule has 1 aromatic carbocycles. The molecule has 29 heavy (non-hydrogen) atoms. The molecule has 3 atom stereocenters. The number of carboxylic acid groups (broad SMARTS) is 1. The maximum absolute atomic E-state index is 13.2. The summed E-state index contributed by atoms with van der Waals surface area (Å²) in [6, 6.07) is 3.36.